The summed E-state index contributed by atoms with van der Waals surface area (Å²) >= 11 is 0. The summed E-state index contributed by atoms with van der Waals surface area (Å²) in [6.45, 7) is 11.9. The maximum atomic E-state index is 11.4. The van der Waals surface area contributed by atoms with Gasteiger partial charge in [-0.15, -0.1) is 0 Å². The van der Waals surface area contributed by atoms with Gasteiger partial charge in [0.2, 0.25) is 5.95 Å². The number of hydrogen-bond donors (Lipinski definition) is 2. The summed E-state index contributed by atoms with van der Waals surface area (Å²) in [4.78, 5) is 36.3. The Bertz CT molecular complexity index is 1380. The molecule has 1 aliphatic rings. The number of pyridine rings is 1. The molecule has 0 atom stereocenters. The third-order valence-corrected chi connectivity index (χ3v) is 6.39. The van der Waals surface area contributed by atoms with Crippen molar-refractivity contribution in [3.05, 3.63) is 77.7 Å². The fourth-order valence-electron chi connectivity index (χ4n) is 4.46. The van der Waals surface area contributed by atoms with E-state index in [4.69, 9.17) is 12.3 Å². The number of aryl methyl sites for hydroxylation is 1. The first-order valence-corrected chi connectivity index (χ1v) is 11.6. The first kappa shape index (κ1) is 22.5. The molecule has 0 bridgehead atoms. The number of piperazine rings is 1. The lowest BCUT2D eigenvalue weighted by Crippen LogP contribution is -2.47. The van der Waals surface area contributed by atoms with Crippen LogP contribution in [0.2, 0.25) is 0 Å². The van der Waals surface area contributed by atoms with Crippen molar-refractivity contribution in [2.24, 2.45) is 5.73 Å². The van der Waals surface area contributed by atoms with Gasteiger partial charge in [0.25, 0.3) is 5.91 Å². The maximum absolute atomic E-state index is 11.4. The number of nitrogens with zero attached hydrogens (tertiary/aromatic N) is 6. The number of nitrogens with one attached hydrogen (secondary N) is 1. The number of carbonyl (C=O) groups is 1. The van der Waals surface area contributed by atoms with Crippen LogP contribution in [-0.4, -0.2) is 63.5 Å². The Kier molecular flexibility index (Phi) is 6.37. The third-order valence-electron chi connectivity index (χ3n) is 6.39. The van der Waals surface area contributed by atoms with E-state index in [1.807, 2.05) is 24.3 Å². The highest BCUT2D eigenvalue weighted by Crippen LogP contribution is 2.25. The Balaban J connectivity index is 1.13. The van der Waals surface area contributed by atoms with E-state index in [0.29, 0.717) is 17.3 Å². The fourth-order valence-corrected chi connectivity index (χ4v) is 4.46. The van der Waals surface area contributed by atoms with E-state index in [0.717, 1.165) is 62.0 Å². The average molecular weight is 467 g/mol. The molecule has 1 amide bonds. The molecule has 1 saturated heterocycles. The lowest BCUT2D eigenvalue weighted by atomic mass is 10.1. The Hall–Kier alpha value is -4.29. The molecule has 176 valence electrons. The first-order chi connectivity index (χ1) is 17.1. The number of benzene rings is 1. The van der Waals surface area contributed by atoms with Crippen LogP contribution in [0.3, 0.4) is 0 Å². The van der Waals surface area contributed by atoms with Crippen LogP contribution in [0, 0.1) is 6.57 Å². The smallest absolute Gasteiger partial charge is 0.267 e. The lowest BCUT2D eigenvalue weighted by Gasteiger charge is -2.34. The van der Waals surface area contributed by atoms with Gasteiger partial charge in [0.05, 0.1) is 12.3 Å². The maximum Gasteiger partial charge on any atom is 0.267 e. The highest BCUT2D eigenvalue weighted by Gasteiger charge is 2.19. The van der Waals surface area contributed by atoms with Crippen LogP contribution in [0.25, 0.3) is 27.0 Å². The molecule has 35 heavy (non-hydrogen) atoms. The number of anilines is 1. The molecule has 4 heterocycles. The number of aromatic amines is 1. The summed E-state index contributed by atoms with van der Waals surface area (Å²) in [5.74, 6) is 0.145. The molecule has 0 radical (unpaired) electrons. The number of hydrogen-bond acceptors (Lipinski definition) is 6. The number of rotatable bonds is 7. The van der Waals surface area contributed by atoms with Gasteiger partial charge in [-0.1, -0.05) is 12.1 Å². The van der Waals surface area contributed by atoms with E-state index >= 15 is 0 Å². The highest BCUT2D eigenvalue weighted by molar-refractivity contribution is 5.91. The van der Waals surface area contributed by atoms with Gasteiger partial charge in [-0.3, -0.25) is 9.69 Å². The summed E-state index contributed by atoms with van der Waals surface area (Å²) in [6, 6.07) is 11.0. The number of primary amides is 1. The third kappa shape index (κ3) is 4.98. The first-order valence-electron chi connectivity index (χ1n) is 11.6. The quantitative estimate of drug-likeness (QED) is 0.404. The van der Waals surface area contributed by atoms with E-state index in [1.165, 1.54) is 5.56 Å². The summed E-state index contributed by atoms with van der Waals surface area (Å²) in [7, 11) is 0. The van der Waals surface area contributed by atoms with Crippen molar-refractivity contribution in [3.8, 4) is 11.3 Å². The zero-order valence-electron chi connectivity index (χ0n) is 19.3. The number of aromatic nitrogens is 4. The summed E-state index contributed by atoms with van der Waals surface area (Å²) < 4.78 is 0. The van der Waals surface area contributed by atoms with E-state index in [2.05, 4.69) is 40.8 Å². The van der Waals surface area contributed by atoms with Crippen LogP contribution in [0.15, 0.2) is 55.0 Å². The molecule has 3 aromatic heterocycles. The molecule has 1 aliphatic heterocycles. The molecule has 0 spiro atoms. The lowest BCUT2D eigenvalue weighted by molar-refractivity contribution is 0.0995. The van der Waals surface area contributed by atoms with Crippen molar-refractivity contribution in [1.82, 2.24) is 24.8 Å². The van der Waals surface area contributed by atoms with Gasteiger partial charge in [-0.05, 0) is 54.6 Å². The van der Waals surface area contributed by atoms with E-state index in [1.54, 1.807) is 24.5 Å². The molecule has 3 N–H and O–H groups in total. The Labute approximate surface area is 203 Å². The van der Waals surface area contributed by atoms with E-state index in [-0.39, 0.29) is 5.69 Å². The minimum absolute atomic E-state index is 0.223. The molecule has 0 aliphatic carbocycles. The predicted octanol–water partition coefficient (Wildman–Crippen LogP) is 3.42. The van der Waals surface area contributed by atoms with Gasteiger partial charge >= 0.3 is 0 Å². The summed E-state index contributed by atoms with van der Waals surface area (Å²) in [6.07, 6.45) is 7.59. The second kappa shape index (κ2) is 9.91. The van der Waals surface area contributed by atoms with Gasteiger partial charge in [0, 0.05) is 55.8 Å². The summed E-state index contributed by atoms with van der Waals surface area (Å²) in [5, 5.41) is 1.15. The topological polar surface area (TPSA) is 108 Å². The van der Waals surface area contributed by atoms with Crippen LogP contribution in [0.4, 0.5) is 11.6 Å². The standard InChI is InChI=1S/C26H26N8O/c1-28-20-7-8-23-21(14-20)18(15-29-23)4-3-9-33-10-12-34(13-11-33)26-30-16-19(17-31-26)22-5-2-6-24(32-22)25(27)35/h2,5-8,14-17,29H,3-4,9-13H2,(H2,27,35). The van der Waals surface area contributed by atoms with Crippen LogP contribution >= 0.6 is 0 Å². The molecular formula is C26H26N8O. The molecule has 1 aromatic carbocycles. The van der Waals surface area contributed by atoms with Crippen molar-refractivity contribution in [1.29, 1.82) is 0 Å². The van der Waals surface area contributed by atoms with Crippen molar-refractivity contribution in [3.63, 3.8) is 0 Å². The van der Waals surface area contributed by atoms with Gasteiger partial charge in [-0.2, -0.15) is 0 Å². The van der Waals surface area contributed by atoms with E-state index in [9.17, 15) is 4.79 Å². The van der Waals surface area contributed by atoms with Crippen LogP contribution in [-0.2, 0) is 6.42 Å². The van der Waals surface area contributed by atoms with E-state index < -0.39 is 5.91 Å². The van der Waals surface area contributed by atoms with Crippen molar-refractivity contribution in [2.45, 2.75) is 12.8 Å². The molecule has 4 aromatic rings. The second-order valence-corrected chi connectivity index (χ2v) is 8.63. The van der Waals surface area contributed by atoms with Crippen molar-refractivity contribution >= 4 is 28.4 Å². The normalized spacial score (nSPS) is 14.2. The highest BCUT2D eigenvalue weighted by atomic mass is 16.1. The van der Waals surface area contributed by atoms with Gasteiger partial charge in [-0.25, -0.2) is 19.8 Å². The zero-order valence-corrected chi connectivity index (χ0v) is 19.3. The molecule has 9 nitrogen and oxygen atoms in total. The van der Waals surface area contributed by atoms with Crippen LogP contribution < -0.4 is 10.6 Å². The largest absolute Gasteiger partial charge is 0.364 e. The number of H-pyrrole nitrogens is 1. The SMILES string of the molecule is [C-]#[N+]c1ccc2[nH]cc(CCCN3CCN(c4ncc(-c5cccc(C(N)=O)n5)cn4)CC3)c2c1. The monoisotopic (exact) mass is 466 g/mol. The summed E-state index contributed by atoms with van der Waals surface area (Å²) in [5.41, 5.74) is 9.96. The Morgan fingerprint density at radius 2 is 1.91 bits per heavy atom. The number of carbonyl (C=O) groups excluding carboxylic acids is 1. The molecule has 1 fully saturated rings. The molecule has 0 saturated carbocycles. The fraction of sp³-hybridized carbons (Fsp3) is 0.269. The van der Waals surface area contributed by atoms with Crippen molar-refractivity contribution in [2.75, 3.05) is 37.6 Å². The molecule has 0 unspecified atom stereocenters. The Morgan fingerprint density at radius 3 is 2.66 bits per heavy atom. The number of nitrogens with two attached hydrogens (primary N) is 1. The second-order valence-electron chi connectivity index (χ2n) is 8.63. The zero-order chi connectivity index (χ0) is 24.2. The van der Waals surface area contributed by atoms with Gasteiger partial charge < -0.3 is 15.6 Å². The van der Waals surface area contributed by atoms with Gasteiger partial charge in [0.15, 0.2) is 5.69 Å². The minimum atomic E-state index is -0.557. The molecule has 5 rings (SSSR count). The average Bonchev–Trinajstić information content (AvgIpc) is 3.31. The predicted molar refractivity (Wildman–Crippen MR) is 135 cm³/mol. The minimum Gasteiger partial charge on any atom is -0.364 e. The van der Waals surface area contributed by atoms with Crippen LogP contribution in [0.5, 0.6) is 0 Å². The molecule has 9 heteroatoms. The number of fused-ring (bicyclic) bond motifs is 1. The molecular weight excluding hydrogens is 440 g/mol. The Morgan fingerprint density at radius 1 is 1.11 bits per heavy atom. The van der Waals surface area contributed by atoms with Crippen molar-refractivity contribution < 1.29 is 4.79 Å². The van der Waals surface area contributed by atoms with Gasteiger partial charge in [0.1, 0.15) is 5.69 Å². The number of amides is 1. The van der Waals surface area contributed by atoms with Crippen LogP contribution in [0.1, 0.15) is 22.5 Å².